The van der Waals surface area contributed by atoms with Crippen molar-refractivity contribution in [1.82, 2.24) is 0 Å². The first-order chi connectivity index (χ1) is 4.73. The predicted molar refractivity (Wildman–Crippen MR) is 57.0 cm³/mol. The van der Waals surface area contributed by atoms with Gasteiger partial charge in [0.2, 0.25) is 0 Å². The molecule has 0 rings (SSSR count). The molecule has 0 aromatic heterocycles. The summed E-state index contributed by atoms with van der Waals surface area (Å²) in [4.78, 5) is 0. The monoisotopic (exact) mass is 160 g/mol. The molecule has 0 amide bonds. The van der Waals surface area contributed by atoms with Gasteiger partial charge in [0.25, 0.3) is 0 Å². The van der Waals surface area contributed by atoms with E-state index < -0.39 is 0 Å². The van der Waals surface area contributed by atoms with E-state index in [1.54, 1.807) is 0 Å². The predicted octanol–water partition coefficient (Wildman–Crippen LogP) is 4.74. The Balaban J connectivity index is -0.0000000965. The van der Waals surface area contributed by atoms with Crippen LogP contribution >= 0.6 is 0 Å². The second-order valence-electron chi connectivity index (χ2n) is 4.73. The summed E-state index contributed by atoms with van der Waals surface area (Å²) >= 11 is 0. The van der Waals surface area contributed by atoms with Gasteiger partial charge < -0.3 is 0 Å². The summed E-state index contributed by atoms with van der Waals surface area (Å²) in [6.45, 7) is 19.2. The van der Waals surface area contributed by atoms with Crippen LogP contribution in [-0.2, 0) is 0 Å². The maximum atomic E-state index is 2.19. The Bertz CT molecular complexity index is 36.8. The van der Waals surface area contributed by atoms with Crippen molar-refractivity contribution >= 4 is 0 Å². The minimum atomic E-state index is 0.500. The van der Waals surface area contributed by atoms with E-state index >= 15 is 0 Å². The van der Waals surface area contributed by atoms with E-state index in [2.05, 4.69) is 48.5 Å². The lowest BCUT2D eigenvalue weighted by Crippen LogP contribution is -1.93. The van der Waals surface area contributed by atoms with E-state index in [0.29, 0.717) is 5.41 Å². The molecule has 0 atom stereocenters. The van der Waals surface area contributed by atoms with Gasteiger partial charge in [-0.1, -0.05) is 62.3 Å². The molecule has 0 fully saturated rings. The van der Waals surface area contributed by atoms with Crippen LogP contribution in [0.4, 0.5) is 0 Å². The van der Waals surface area contributed by atoms with Crippen LogP contribution in [0, 0.1) is 11.3 Å². The van der Waals surface area contributed by atoms with Crippen molar-refractivity contribution in [2.24, 2.45) is 11.3 Å². The highest BCUT2D eigenvalue weighted by Gasteiger charge is 1.95. The summed E-state index contributed by atoms with van der Waals surface area (Å²) in [7, 11) is 0. The van der Waals surface area contributed by atoms with Crippen LogP contribution in [-0.4, -0.2) is 0 Å². The highest BCUT2D eigenvalue weighted by atomic mass is 14.0. The van der Waals surface area contributed by atoms with Crippen molar-refractivity contribution in [3.63, 3.8) is 0 Å². The van der Waals surface area contributed by atoms with Gasteiger partial charge in [-0.15, -0.1) is 0 Å². The van der Waals surface area contributed by atoms with Gasteiger partial charge in [-0.3, -0.25) is 0 Å². The molecule has 0 heteroatoms. The molecule has 11 heavy (non-hydrogen) atoms. The normalized spacial score (nSPS) is 9.27. The van der Waals surface area contributed by atoms with Crippen molar-refractivity contribution in [3.05, 3.63) is 0 Å². The van der Waals surface area contributed by atoms with E-state index in [-0.39, 0.29) is 0 Å². The van der Waals surface area contributed by atoms with E-state index in [1.165, 1.54) is 0 Å². The molecule has 0 aliphatic heterocycles. The summed E-state index contributed by atoms with van der Waals surface area (Å²) < 4.78 is 0. The van der Waals surface area contributed by atoms with E-state index in [1.807, 2.05) is 13.8 Å². The topological polar surface area (TPSA) is 0 Å². The third-order valence-corrected chi connectivity index (χ3v) is 0. The molecule has 0 saturated carbocycles. The van der Waals surface area contributed by atoms with Gasteiger partial charge >= 0.3 is 0 Å². The summed E-state index contributed by atoms with van der Waals surface area (Å²) in [5.41, 5.74) is 0.500. The van der Waals surface area contributed by atoms with Crippen molar-refractivity contribution < 1.29 is 0 Å². The molecular weight excluding hydrogens is 132 g/mol. The van der Waals surface area contributed by atoms with E-state index in [4.69, 9.17) is 0 Å². The van der Waals surface area contributed by atoms with Crippen LogP contribution in [0.3, 0.4) is 0 Å². The second kappa shape index (κ2) is 10.0. The van der Waals surface area contributed by atoms with Gasteiger partial charge in [0.15, 0.2) is 0 Å². The lowest BCUT2D eigenvalue weighted by Gasteiger charge is -2.05. The zero-order valence-corrected chi connectivity index (χ0v) is 10.1. The van der Waals surface area contributed by atoms with Crippen LogP contribution in [0.5, 0.6) is 0 Å². The molecule has 0 aromatic rings. The highest BCUT2D eigenvalue weighted by molar-refractivity contribution is 4.47. The van der Waals surface area contributed by atoms with Gasteiger partial charge in [-0.25, -0.2) is 0 Å². The average Bonchev–Trinajstić information content (AvgIpc) is 1.63. The molecule has 0 heterocycles. The Labute approximate surface area is 74.4 Å². The van der Waals surface area contributed by atoms with Crippen molar-refractivity contribution in [2.75, 3.05) is 0 Å². The van der Waals surface area contributed by atoms with Gasteiger partial charge in [0.1, 0.15) is 0 Å². The fraction of sp³-hybridized carbons (Fsp3) is 1.00. The number of hydrogen-bond donors (Lipinski definition) is 0. The third-order valence-electron chi connectivity index (χ3n) is 0. The molecule has 72 valence electrons. The second-order valence-corrected chi connectivity index (χ2v) is 4.73. The van der Waals surface area contributed by atoms with Crippen molar-refractivity contribution in [2.45, 2.75) is 62.3 Å². The van der Waals surface area contributed by atoms with Crippen LogP contribution in [0.25, 0.3) is 0 Å². The lowest BCUT2D eigenvalue weighted by atomic mass is 10.0. The van der Waals surface area contributed by atoms with Gasteiger partial charge in [-0.05, 0) is 11.3 Å². The Hall–Kier alpha value is 0. The Morgan fingerprint density at radius 1 is 0.727 bits per heavy atom. The minimum Gasteiger partial charge on any atom is -0.0683 e. The van der Waals surface area contributed by atoms with Crippen LogP contribution in [0.2, 0.25) is 0 Å². The smallest absolute Gasteiger partial charge is 0.0411 e. The van der Waals surface area contributed by atoms with E-state index in [9.17, 15) is 0 Å². The Morgan fingerprint density at radius 3 is 0.727 bits per heavy atom. The molecule has 0 aromatic carbocycles. The fourth-order valence-corrected chi connectivity index (χ4v) is 0. The third kappa shape index (κ3) is 0. The zero-order chi connectivity index (χ0) is 10.1. The summed E-state index contributed by atoms with van der Waals surface area (Å²) in [6, 6.07) is 0. The van der Waals surface area contributed by atoms with Gasteiger partial charge in [0, 0.05) is 0 Å². The highest BCUT2D eigenvalue weighted by Crippen LogP contribution is 2.07. The summed E-state index contributed by atoms with van der Waals surface area (Å²) in [6.07, 6.45) is 0. The Kier molecular flexibility index (Phi) is 15.6. The van der Waals surface area contributed by atoms with Crippen LogP contribution < -0.4 is 0 Å². The SMILES string of the molecule is CC.CC(C)(C)C.CC(C)C. The lowest BCUT2D eigenvalue weighted by molar-refractivity contribution is 0.469. The number of rotatable bonds is 0. The molecular formula is C11H28. The molecule has 0 radical (unpaired) electrons. The fourth-order valence-electron chi connectivity index (χ4n) is 0. The largest absolute Gasteiger partial charge is 0.0683 e. The maximum absolute atomic E-state index is 2.19. The van der Waals surface area contributed by atoms with Crippen LogP contribution in [0.1, 0.15) is 62.3 Å². The van der Waals surface area contributed by atoms with Gasteiger partial charge in [-0.2, -0.15) is 0 Å². The molecule has 0 aliphatic rings. The standard InChI is InChI=1S/C5H12.C4H10.C2H6/c1-5(2,3)4;1-4(2)3;1-2/h1-4H3;4H,1-3H3;1-2H3. The van der Waals surface area contributed by atoms with Crippen LogP contribution in [0.15, 0.2) is 0 Å². The zero-order valence-electron chi connectivity index (χ0n) is 10.1. The quantitative estimate of drug-likeness (QED) is 0.480. The minimum absolute atomic E-state index is 0.500. The van der Waals surface area contributed by atoms with Crippen molar-refractivity contribution in [1.29, 1.82) is 0 Å². The average molecular weight is 160 g/mol. The summed E-state index contributed by atoms with van der Waals surface area (Å²) in [5, 5.41) is 0. The molecule has 0 unspecified atom stereocenters. The first-order valence-corrected chi connectivity index (χ1v) is 4.73. The number of hydrogen-bond acceptors (Lipinski definition) is 0. The molecule has 0 saturated heterocycles. The summed E-state index contributed by atoms with van der Waals surface area (Å²) in [5.74, 6) is 0.833. The maximum Gasteiger partial charge on any atom is -0.0411 e. The van der Waals surface area contributed by atoms with Gasteiger partial charge in [0.05, 0.1) is 0 Å². The van der Waals surface area contributed by atoms with E-state index in [0.717, 1.165) is 5.92 Å². The molecule has 0 spiro atoms. The van der Waals surface area contributed by atoms with Crippen molar-refractivity contribution in [3.8, 4) is 0 Å². The first-order valence-electron chi connectivity index (χ1n) is 4.73. The molecule has 0 bridgehead atoms. The first kappa shape index (κ1) is 17.2. The molecule has 0 aliphatic carbocycles. The Morgan fingerprint density at radius 2 is 0.727 bits per heavy atom. The molecule has 0 nitrogen and oxygen atoms in total. The molecule has 0 N–H and O–H groups in total.